The molecule has 158 valence electrons. The predicted octanol–water partition coefficient (Wildman–Crippen LogP) is 2.44. The molecule has 4 rings (SSSR count). The van der Waals surface area contributed by atoms with Gasteiger partial charge in [0.15, 0.2) is 5.78 Å². The highest BCUT2D eigenvalue weighted by Crippen LogP contribution is 2.41. The van der Waals surface area contributed by atoms with Crippen molar-refractivity contribution in [2.75, 3.05) is 20.7 Å². The molecular formula is C23H26N2O5. The van der Waals surface area contributed by atoms with Crippen LogP contribution in [0, 0.1) is 0 Å². The lowest BCUT2D eigenvalue weighted by atomic mass is 9.78. The Morgan fingerprint density at radius 1 is 1.17 bits per heavy atom. The Morgan fingerprint density at radius 3 is 2.63 bits per heavy atom. The van der Waals surface area contributed by atoms with Gasteiger partial charge in [0.1, 0.15) is 11.9 Å². The van der Waals surface area contributed by atoms with Crippen molar-refractivity contribution in [3.63, 3.8) is 0 Å². The number of Topliss-reactive ketones (excluding diaryl/α,β-unsaturated/α-hetero) is 1. The minimum atomic E-state index is -0.459. The van der Waals surface area contributed by atoms with Crippen LogP contribution in [0.25, 0.3) is 0 Å². The molecule has 1 aromatic rings. The van der Waals surface area contributed by atoms with E-state index in [9.17, 15) is 14.4 Å². The molecule has 2 aliphatic heterocycles. The first-order chi connectivity index (χ1) is 14.4. The number of nitrogens with one attached hydrogen (secondary N) is 1. The van der Waals surface area contributed by atoms with Crippen molar-refractivity contribution in [2.45, 2.75) is 44.6 Å². The smallest absolute Gasteiger partial charge is 0.336 e. The fraction of sp³-hybridized carbons (Fsp3) is 0.435. The Labute approximate surface area is 175 Å². The van der Waals surface area contributed by atoms with Gasteiger partial charge in [-0.1, -0.05) is 18.2 Å². The molecule has 0 bridgehead atoms. The number of hydrogen-bond acceptors (Lipinski definition) is 6. The Bertz CT molecular complexity index is 978. The van der Waals surface area contributed by atoms with Crippen molar-refractivity contribution in [1.82, 2.24) is 10.2 Å². The first-order valence-corrected chi connectivity index (χ1v) is 10.2. The second-order valence-corrected chi connectivity index (χ2v) is 8.14. The summed E-state index contributed by atoms with van der Waals surface area (Å²) in [5.41, 5.74) is 3.69. The van der Waals surface area contributed by atoms with E-state index < -0.39 is 12.1 Å². The fourth-order valence-corrected chi connectivity index (χ4v) is 4.47. The van der Waals surface area contributed by atoms with E-state index in [0.29, 0.717) is 36.2 Å². The van der Waals surface area contributed by atoms with Crippen LogP contribution in [0.2, 0.25) is 0 Å². The van der Waals surface area contributed by atoms with Gasteiger partial charge in [0.05, 0.1) is 25.6 Å². The maximum absolute atomic E-state index is 13.0. The molecule has 0 radical (unpaired) electrons. The van der Waals surface area contributed by atoms with Crippen molar-refractivity contribution >= 4 is 17.7 Å². The molecule has 30 heavy (non-hydrogen) atoms. The summed E-state index contributed by atoms with van der Waals surface area (Å²) in [4.78, 5) is 38.9. The first-order valence-electron chi connectivity index (χ1n) is 10.2. The molecule has 7 nitrogen and oxygen atoms in total. The number of hydrogen-bond donors (Lipinski definition) is 1. The van der Waals surface area contributed by atoms with E-state index in [4.69, 9.17) is 9.47 Å². The summed E-state index contributed by atoms with van der Waals surface area (Å²) in [5.74, 6) is 0.353. The molecule has 0 spiro atoms. The third kappa shape index (κ3) is 3.72. The topological polar surface area (TPSA) is 84.9 Å². The molecule has 2 atom stereocenters. The third-order valence-electron chi connectivity index (χ3n) is 6.13. The molecule has 1 saturated heterocycles. The van der Waals surface area contributed by atoms with Gasteiger partial charge >= 0.3 is 5.97 Å². The number of carbonyl (C=O) groups is 3. The van der Waals surface area contributed by atoms with Gasteiger partial charge in [-0.15, -0.1) is 0 Å². The van der Waals surface area contributed by atoms with E-state index in [-0.39, 0.29) is 30.4 Å². The number of ketones is 1. The van der Waals surface area contributed by atoms with Gasteiger partial charge in [0, 0.05) is 42.8 Å². The van der Waals surface area contributed by atoms with E-state index in [1.807, 2.05) is 31.2 Å². The largest absolute Gasteiger partial charge is 0.496 e. The zero-order valence-electron chi connectivity index (χ0n) is 17.5. The number of nitrogens with zero attached hydrogens (tertiary/aromatic N) is 1. The Balaban J connectivity index is 1.49. The summed E-state index contributed by atoms with van der Waals surface area (Å²) in [6.45, 7) is 2.22. The van der Waals surface area contributed by atoms with E-state index in [0.717, 1.165) is 17.0 Å². The average molecular weight is 410 g/mol. The first kappa shape index (κ1) is 20.2. The Morgan fingerprint density at radius 2 is 1.93 bits per heavy atom. The second-order valence-electron chi connectivity index (χ2n) is 8.14. The van der Waals surface area contributed by atoms with Gasteiger partial charge in [-0.05, 0) is 25.0 Å². The molecule has 1 aliphatic carbocycles. The van der Waals surface area contributed by atoms with Crippen molar-refractivity contribution in [2.24, 2.45) is 0 Å². The summed E-state index contributed by atoms with van der Waals surface area (Å²) in [6.07, 6.45) is 1.09. The number of benzene rings is 1. The van der Waals surface area contributed by atoms with E-state index >= 15 is 0 Å². The fourth-order valence-electron chi connectivity index (χ4n) is 4.47. The van der Waals surface area contributed by atoms with Crippen LogP contribution in [0.5, 0.6) is 5.75 Å². The number of ether oxygens (including phenoxy) is 2. The molecule has 0 unspecified atom stereocenters. The quantitative estimate of drug-likeness (QED) is 0.768. The molecule has 1 N–H and O–H groups in total. The molecule has 0 saturated carbocycles. The second kappa shape index (κ2) is 7.97. The van der Waals surface area contributed by atoms with Crippen molar-refractivity contribution in [3.8, 4) is 5.75 Å². The van der Waals surface area contributed by atoms with Gasteiger partial charge in [-0.3, -0.25) is 9.59 Å². The van der Waals surface area contributed by atoms with Crippen LogP contribution in [-0.2, 0) is 19.1 Å². The Kier molecular flexibility index (Phi) is 5.37. The van der Waals surface area contributed by atoms with Crippen LogP contribution in [0.1, 0.15) is 44.1 Å². The van der Waals surface area contributed by atoms with Crippen molar-refractivity contribution in [1.29, 1.82) is 0 Å². The number of dihydropyridines is 1. The molecule has 1 fully saturated rings. The number of likely N-dealkylation sites (tertiary alicyclic amines) is 1. The van der Waals surface area contributed by atoms with Crippen LogP contribution in [0.3, 0.4) is 0 Å². The molecule has 3 aliphatic rings. The summed E-state index contributed by atoms with van der Waals surface area (Å²) in [7, 11) is 3.33. The molecule has 7 heteroatoms. The van der Waals surface area contributed by atoms with Crippen molar-refractivity contribution in [3.05, 3.63) is 52.4 Å². The highest BCUT2D eigenvalue weighted by atomic mass is 16.5. The van der Waals surface area contributed by atoms with Crippen LogP contribution < -0.4 is 10.1 Å². The number of rotatable bonds is 4. The number of esters is 1. The Hall–Kier alpha value is -3.09. The average Bonchev–Trinajstić information content (AvgIpc) is 3.03. The number of para-hydroxylation sites is 1. The SMILES string of the molecule is COc1ccccc1[C@H]1CC(=O)C2=C(C1)NC(C)=C(C(=O)O[C@@H]1CC(=O)N(C)C1)C2. The normalized spacial score (nSPS) is 24.0. The lowest BCUT2D eigenvalue weighted by molar-refractivity contribution is -0.143. The van der Waals surface area contributed by atoms with Gasteiger partial charge in [-0.2, -0.15) is 0 Å². The van der Waals surface area contributed by atoms with E-state index in [1.54, 1.807) is 19.1 Å². The van der Waals surface area contributed by atoms with E-state index in [2.05, 4.69) is 5.32 Å². The summed E-state index contributed by atoms with van der Waals surface area (Å²) in [6, 6.07) is 7.76. The van der Waals surface area contributed by atoms with Gasteiger partial charge in [0.25, 0.3) is 0 Å². The summed E-state index contributed by atoms with van der Waals surface area (Å²) < 4.78 is 11.0. The number of methoxy groups -OCH3 is 1. The van der Waals surface area contributed by atoms with Gasteiger partial charge < -0.3 is 19.7 Å². The maximum Gasteiger partial charge on any atom is 0.336 e. The highest BCUT2D eigenvalue weighted by molar-refractivity contribution is 6.01. The molecule has 2 heterocycles. The molecular weight excluding hydrogens is 384 g/mol. The zero-order valence-corrected chi connectivity index (χ0v) is 17.5. The minimum absolute atomic E-state index is 0.0289. The van der Waals surface area contributed by atoms with Crippen LogP contribution >= 0.6 is 0 Å². The number of likely N-dealkylation sites (N-methyl/N-ethyl adjacent to an activating group) is 1. The summed E-state index contributed by atoms with van der Waals surface area (Å²) >= 11 is 0. The van der Waals surface area contributed by atoms with Gasteiger partial charge in [0.2, 0.25) is 5.91 Å². The maximum atomic E-state index is 13.0. The summed E-state index contributed by atoms with van der Waals surface area (Å²) in [5, 5.41) is 3.28. The number of carbonyl (C=O) groups excluding carboxylic acids is 3. The predicted molar refractivity (Wildman–Crippen MR) is 110 cm³/mol. The monoisotopic (exact) mass is 410 g/mol. The standard InChI is InChI=1S/C23H26N2O5/c1-13-17(23(28)30-15-10-22(27)25(2)12-15)11-18-19(24-13)8-14(9-20(18)26)16-6-4-5-7-21(16)29-3/h4-7,14-15,24H,8-12H2,1-3H3/t14-,15-/m1/s1. The van der Waals surface area contributed by atoms with Crippen LogP contribution in [0.4, 0.5) is 0 Å². The van der Waals surface area contributed by atoms with E-state index in [1.165, 1.54) is 0 Å². The lowest BCUT2D eigenvalue weighted by Crippen LogP contribution is -2.32. The van der Waals surface area contributed by atoms with Crippen LogP contribution in [-0.4, -0.2) is 49.4 Å². The zero-order chi connectivity index (χ0) is 21.4. The number of allylic oxidation sites excluding steroid dienone is 3. The minimum Gasteiger partial charge on any atom is -0.496 e. The number of amides is 1. The lowest BCUT2D eigenvalue weighted by Gasteiger charge is -2.32. The van der Waals surface area contributed by atoms with Crippen molar-refractivity contribution < 1.29 is 23.9 Å². The van der Waals surface area contributed by atoms with Gasteiger partial charge in [-0.25, -0.2) is 4.79 Å². The third-order valence-corrected chi connectivity index (χ3v) is 6.13. The molecule has 1 amide bonds. The van der Waals surface area contributed by atoms with Crippen LogP contribution in [0.15, 0.2) is 46.8 Å². The molecule has 0 aromatic heterocycles. The molecule has 1 aromatic carbocycles. The highest BCUT2D eigenvalue weighted by Gasteiger charge is 2.36.